The first kappa shape index (κ1) is 21.8. The van der Waals surface area contributed by atoms with Gasteiger partial charge in [-0.05, 0) is 12.1 Å². The molecule has 1 heterocycles. The molecule has 0 amide bonds. The van der Waals surface area contributed by atoms with Crippen LogP contribution in [0, 0.1) is 0 Å². The van der Waals surface area contributed by atoms with Gasteiger partial charge in [0.1, 0.15) is 0 Å². The maximum Gasteiger partial charge on any atom is 0.215 e. The molecule has 0 spiro atoms. The summed E-state index contributed by atoms with van der Waals surface area (Å²) in [6.45, 7) is 8.31. The molecule has 1 N–H and O–H groups in total. The van der Waals surface area contributed by atoms with Gasteiger partial charge >= 0.3 is 0 Å². The van der Waals surface area contributed by atoms with Gasteiger partial charge in [-0.15, -0.1) is 0 Å². The number of benzene rings is 1. The van der Waals surface area contributed by atoms with E-state index in [2.05, 4.69) is 20.1 Å². The lowest BCUT2D eigenvalue weighted by atomic mass is 10.2. The highest BCUT2D eigenvalue weighted by atomic mass is 35.5. The average Bonchev–Trinajstić information content (AvgIpc) is 2.67. The Morgan fingerprint density at radius 1 is 1.19 bits per heavy atom. The molecule has 0 bridgehead atoms. The van der Waals surface area contributed by atoms with Gasteiger partial charge in [0.25, 0.3) is 0 Å². The van der Waals surface area contributed by atoms with Gasteiger partial charge in [-0.25, -0.2) is 12.7 Å². The third kappa shape index (κ3) is 5.73. The molecular formula is C18H30ClN5O2S. The Morgan fingerprint density at radius 3 is 2.37 bits per heavy atom. The number of sulfonamides is 1. The molecule has 0 aliphatic carbocycles. The zero-order valence-electron chi connectivity index (χ0n) is 16.4. The number of para-hydroxylation sites is 1. The summed E-state index contributed by atoms with van der Waals surface area (Å²) < 4.78 is 26.1. The maximum absolute atomic E-state index is 12.3. The van der Waals surface area contributed by atoms with Crippen molar-refractivity contribution in [3.8, 4) is 0 Å². The number of rotatable bonds is 7. The van der Waals surface area contributed by atoms with E-state index in [-0.39, 0.29) is 5.75 Å². The number of piperazine rings is 1. The van der Waals surface area contributed by atoms with E-state index in [0.717, 1.165) is 42.8 Å². The first-order valence-corrected chi connectivity index (χ1v) is 11.3. The fourth-order valence-corrected chi connectivity index (χ4v) is 4.90. The van der Waals surface area contributed by atoms with Crippen LogP contribution in [0.3, 0.4) is 0 Å². The van der Waals surface area contributed by atoms with E-state index in [0.29, 0.717) is 19.6 Å². The van der Waals surface area contributed by atoms with Gasteiger partial charge in [0, 0.05) is 52.9 Å². The van der Waals surface area contributed by atoms with Crippen molar-refractivity contribution in [1.29, 1.82) is 0 Å². The van der Waals surface area contributed by atoms with Crippen molar-refractivity contribution in [2.45, 2.75) is 13.8 Å². The Kier molecular flexibility index (Phi) is 8.19. The standard InChI is InChI=1S/C18H30ClN5O2S/c1-4-24(5-2)27(25,26)15-10-21-18(20-3)23-13-11-22(12-14-23)17-9-7-6-8-16(17)19/h6-9H,4-5,10-15H2,1-3H3,(H,20,21). The summed E-state index contributed by atoms with van der Waals surface area (Å²) in [6, 6.07) is 7.85. The number of hydrogen-bond acceptors (Lipinski definition) is 4. The molecule has 0 radical (unpaired) electrons. The van der Waals surface area contributed by atoms with Crippen molar-refractivity contribution in [3.05, 3.63) is 29.3 Å². The molecule has 0 unspecified atom stereocenters. The molecular weight excluding hydrogens is 386 g/mol. The molecule has 1 saturated heterocycles. The molecule has 1 aliphatic heterocycles. The SMILES string of the molecule is CCN(CC)S(=O)(=O)CCNC(=NC)N1CCN(c2ccccc2Cl)CC1. The Hall–Kier alpha value is -1.51. The quantitative estimate of drug-likeness (QED) is 0.542. The molecule has 1 fully saturated rings. The van der Waals surface area contributed by atoms with Crippen LogP contribution < -0.4 is 10.2 Å². The van der Waals surface area contributed by atoms with Crippen LogP contribution >= 0.6 is 11.6 Å². The van der Waals surface area contributed by atoms with Gasteiger partial charge < -0.3 is 15.1 Å². The predicted molar refractivity (Wildman–Crippen MR) is 113 cm³/mol. The van der Waals surface area contributed by atoms with Crippen molar-refractivity contribution in [3.63, 3.8) is 0 Å². The molecule has 9 heteroatoms. The van der Waals surface area contributed by atoms with Gasteiger partial charge in [0.15, 0.2) is 5.96 Å². The summed E-state index contributed by atoms with van der Waals surface area (Å²) >= 11 is 6.29. The van der Waals surface area contributed by atoms with Gasteiger partial charge in [0.2, 0.25) is 10.0 Å². The zero-order valence-corrected chi connectivity index (χ0v) is 17.9. The first-order chi connectivity index (χ1) is 12.9. The summed E-state index contributed by atoms with van der Waals surface area (Å²) in [5.41, 5.74) is 1.05. The van der Waals surface area contributed by atoms with Crippen LogP contribution in [0.15, 0.2) is 29.3 Å². The maximum atomic E-state index is 12.3. The van der Waals surface area contributed by atoms with Crippen molar-refractivity contribution in [2.24, 2.45) is 4.99 Å². The lowest BCUT2D eigenvalue weighted by Gasteiger charge is -2.38. The molecule has 27 heavy (non-hydrogen) atoms. The van der Waals surface area contributed by atoms with E-state index in [1.807, 2.05) is 38.1 Å². The van der Waals surface area contributed by atoms with Crippen LogP contribution in [0.4, 0.5) is 5.69 Å². The van der Waals surface area contributed by atoms with E-state index in [1.54, 1.807) is 7.05 Å². The van der Waals surface area contributed by atoms with E-state index in [1.165, 1.54) is 4.31 Å². The van der Waals surface area contributed by atoms with E-state index in [9.17, 15) is 8.42 Å². The van der Waals surface area contributed by atoms with Crippen LogP contribution in [0.5, 0.6) is 0 Å². The second-order valence-corrected chi connectivity index (χ2v) is 8.80. The van der Waals surface area contributed by atoms with E-state index < -0.39 is 10.0 Å². The molecule has 2 rings (SSSR count). The third-order valence-corrected chi connectivity index (χ3v) is 7.07. The third-order valence-electron chi connectivity index (χ3n) is 4.73. The van der Waals surface area contributed by atoms with Crippen LogP contribution in [-0.2, 0) is 10.0 Å². The number of nitrogens with one attached hydrogen (secondary N) is 1. The summed E-state index contributed by atoms with van der Waals surface area (Å²) in [6.07, 6.45) is 0. The highest BCUT2D eigenvalue weighted by Crippen LogP contribution is 2.25. The summed E-state index contributed by atoms with van der Waals surface area (Å²) in [4.78, 5) is 8.72. The molecule has 7 nitrogen and oxygen atoms in total. The smallest absolute Gasteiger partial charge is 0.215 e. The molecule has 152 valence electrons. The second-order valence-electron chi connectivity index (χ2n) is 6.30. The van der Waals surface area contributed by atoms with Gasteiger partial charge in [-0.1, -0.05) is 37.6 Å². The van der Waals surface area contributed by atoms with E-state index >= 15 is 0 Å². The van der Waals surface area contributed by atoms with Crippen LogP contribution in [0.2, 0.25) is 5.02 Å². The van der Waals surface area contributed by atoms with Crippen molar-refractivity contribution in [2.75, 3.05) is 63.5 Å². The Morgan fingerprint density at radius 2 is 1.81 bits per heavy atom. The Balaban J connectivity index is 1.86. The number of guanidine groups is 1. The highest BCUT2D eigenvalue weighted by Gasteiger charge is 2.22. The average molecular weight is 416 g/mol. The molecule has 1 aromatic rings. The number of halogens is 1. The summed E-state index contributed by atoms with van der Waals surface area (Å²) in [5.74, 6) is 0.802. The molecule has 1 aromatic carbocycles. The van der Waals surface area contributed by atoms with Crippen LogP contribution in [-0.4, -0.2) is 82.2 Å². The number of nitrogens with zero attached hydrogens (tertiary/aromatic N) is 4. The molecule has 1 aliphatic rings. The largest absolute Gasteiger partial charge is 0.367 e. The lowest BCUT2D eigenvalue weighted by Crippen LogP contribution is -2.53. The number of aliphatic imine (C=N–C) groups is 1. The minimum absolute atomic E-state index is 0.0628. The number of hydrogen-bond donors (Lipinski definition) is 1. The van der Waals surface area contributed by atoms with Crippen molar-refractivity contribution in [1.82, 2.24) is 14.5 Å². The number of anilines is 1. The van der Waals surface area contributed by atoms with Gasteiger partial charge in [-0.3, -0.25) is 4.99 Å². The summed E-state index contributed by atoms with van der Waals surface area (Å²) in [5, 5.41) is 3.95. The topological polar surface area (TPSA) is 68.2 Å². The lowest BCUT2D eigenvalue weighted by molar-refractivity contribution is 0.373. The molecule has 0 atom stereocenters. The Labute approximate surface area is 168 Å². The fraction of sp³-hybridized carbons (Fsp3) is 0.611. The second kappa shape index (κ2) is 10.1. The fourth-order valence-electron chi connectivity index (χ4n) is 3.24. The zero-order chi connectivity index (χ0) is 19.9. The van der Waals surface area contributed by atoms with Gasteiger partial charge in [0.05, 0.1) is 16.5 Å². The van der Waals surface area contributed by atoms with E-state index in [4.69, 9.17) is 11.6 Å². The minimum atomic E-state index is -3.23. The normalized spacial score (nSPS) is 16.1. The monoisotopic (exact) mass is 415 g/mol. The Bertz CT molecular complexity index is 729. The highest BCUT2D eigenvalue weighted by molar-refractivity contribution is 7.89. The van der Waals surface area contributed by atoms with Crippen LogP contribution in [0.1, 0.15) is 13.8 Å². The summed E-state index contributed by atoms with van der Waals surface area (Å²) in [7, 11) is -1.51. The van der Waals surface area contributed by atoms with Gasteiger partial charge in [-0.2, -0.15) is 0 Å². The first-order valence-electron chi connectivity index (χ1n) is 9.35. The predicted octanol–water partition coefficient (Wildman–Crippen LogP) is 1.71. The minimum Gasteiger partial charge on any atom is -0.367 e. The van der Waals surface area contributed by atoms with Crippen LogP contribution in [0.25, 0.3) is 0 Å². The van der Waals surface area contributed by atoms with Crippen molar-refractivity contribution >= 4 is 33.3 Å². The molecule has 0 saturated carbocycles. The van der Waals surface area contributed by atoms with Crippen molar-refractivity contribution < 1.29 is 8.42 Å². The molecule has 0 aromatic heterocycles.